The third-order valence-electron chi connectivity index (χ3n) is 4.46. The largest absolute Gasteiger partial charge is 0.343 e. The standard InChI is InChI=1S/C18H25NO2/c1-5-9-18(10-6-2)16(20)15(17(21)19-18)14-11-12(3)7-8-13(14)4/h7-8,11,15H,5-6,9-10H2,1-4H3,(H,19,21). The zero-order valence-electron chi connectivity index (χ0n) is 13.5. The van der Waals surface area contributed by atoms with Crippen LogP contribution in [0.2, 0.25) is 0 Å². The van der Waals surface area contributed by atoms with Gasteiger partial charge in [-0.15, -0.1) is 0 Å². The smallest absolute Gasteiger partial charge is 0.235 e. The molecule has 1 unspecified atom stereocenters. The first-order valence-electron chi connectivity index (χ1n) is 7.88. The van der Waals surface area contributed by atoms with Crippen LogP contribution in [0.25, 0.3) is 0 Å². The Labute approximate surface area is 127 Å². The zero-order chi connectivity index (χ0) is 15.6. The number of Topliss-reactive ketones (excluding diaryl/α,β-unsaturated/α-hetero) is 1. The first-order chi connectivity index (χ1) is 9.95. The molecule has 3 heteroatoms. The van der Waals surface area contributed by atoms with Gasteiger partial charge in [-0.25, -0.2) is 0 Å². The van der Waals surface area contributed by atoms with Crippen LogP contribution < -0.4 is 5.32 Å². The highest BCUT2D eigenvalue weighted by atomic mass is 16.2. The highest BCUT2D eigenvalue weighted by molar-refractivity contribution is 6.17. The molecular weight excluding hydrogens is 262 g/mol. The molecule has 0 saturated carbocycles. The Balaban J connectivity index is 2.44. The molecule has 1 aliphatic heterocycles. The monoisotopic (exact) mass is 287 g/mol. The molecule has 1 aliphatic rings. The van der Waals surface area contributed by atoms with E-state index in [0.29, 0.717) is 0 Å². The summed E-state index contributed by atoms with van der Waals surface area (Å²) in [5.41, 5.74) is 2.31. The molecule has 114 valence electrons. The minimum Gasteiger partial charge on any atom is -0.343 e. The topological polar surface area (TPSA) is 46.2 Å². The van der Waals surface area contributed by atoms with Gasteiger partial charge in [0.1, 0.15) is 5.92 Å². The number of hydrogen-bond donors (Lipinski definition) is 1. The van der Waals surface area contributed by atoms with E-state index < -0.39 is 11.5 Å². The molecule has 2 rings (SSSR count). The predicted octanol–water partition coefficient (Wildman–Crippen LogP) is 3.42. The fourth-order valence-corrected chi connectivity index (χ4v) is 3.47. The van der Waals surface area contributed by atoms with Crippen molar-refractivity contribution in [1.29, 1.82) is 0 Å². The van der Waals surface area contributed by atoms with E-state index in [9.17, 15) is 9.59 Å². The van der Waals surface area contributed by atoms with Gasteiger partial charge in [-0.05, 0) is 37.8 Å². The number of hydrogen-bond acceptors (Lipinski definition) is 2. The number of nitrogens with one attached hydrogen (secondary N) is 1. The molecule has 1 saturated heterocycles. The number of carbonyl (C=O) groups excluding carboxylic acids is 2. The van der Waals surface area contributed by atoms with Gasteiger partial charge in [0, 0.05) is 0 Å². The van der Waals surface area contributed by atoms with Crippen LogP contribution >= 0.6 is 0 Å². The number of rotatable bonds is 5. The molecule has 1 atom stereocenters. The normalized spacial score (nSPS) is 20.7. The second kappa shape index (κ2) is 6.00. The van der Waals surface area contributed by atoms with Gasteiger partial charge >= 0.3 is 0 Å². The zero-order valence-corrected chi connectivity index (χ0v) is 13.5. The van der Waals surface area contributed by atoms with Crippen molar-refractivity contribution in [2.75, 3.05) is 0 Å². The van der Waals surface area contributed by atoms with Crippen molar-refractivity contribution in [3.8, 4) is 0 Å². The molecule has 1 fully saturated rings. The second-order valence-electron chi connectivity index (χ2n) is 6.23. The Morgan fingerprint density at radius 3 is 2.29 bits per heavy atom. The number of aryl methyl sites for hydroxylation is 2. The number of benzene rings is 1. The summed E-state index contributed by atoms with van der Waals surface area (Å²) in [6.45, 7) is 8.07. The number of amides is 1. The van der Waals surface area contributed by atoms with Crippen LogP contribution in [0.3, 0.4) is 0 Å². The molecule has 1 aromatic rings. The lowest BCUT2D eigenvalue weighted by molar-refractivity contribution is -0.125. The molecular formula is C18H25NO2. The fourth-order valence-electron chi connectivity index (χ4n) is 3.47. The van der Waals surface area contributed by atoms with Crippen molar-refractivity contribution < 1.29 is 9.59 Å². The van der Waals surface area contributed by atoms with Crippen LogP contribution in [0.5, 0.6) is 0 Å². The average molecular weight is 287 g/mol. The predicted molar refractivity (Wildman–Crippen MR) is 84.4 cm³/mol. The summed E-state index contributed by atoms with van der Waals surface area (Å²) in [6, 6.07) is 5.98. The second-order valence-corrected chi connectivity index (χ2v) is 6.23. The van der Waals surface area contributed by atoms with Crippen molar-refractivity contribution in [3.63, 3.8) is 0 Å². The lowest BCUT2D eigenvalue weighted by Crippen LogP contribution is -2.46. The number of carbonyl (C=O) groups is 2. The molecule has 1 heterocycles. The third kappa shape index (κ3) is 2.74. The van der Waals surface area contributed by atoms with Gasteiger partial charge in [-0.3, -0.25) is 9.59 Å². The van der Waals surface area contributed by atoms with Crippen LogP contribution in [-0.4, -0.2) is 17.2 Å². The van der Waals surface area contributed by atoms with Crippen molar-refractivity contribution in [3.05, 3.63) is 34.9 Å². The first-order valence-corrected chi connectivity index (χ1v) is 7.88. The van der Waals surface area contributed by atoms with E-state index in [1.165, 1.54) is 0 Å². The highest BCUT2D eigenvalue weighted by Crippen LogP contribution is 2.36. The Kier molecular flexibility index (Phi) is 4.50. The van der Waals surface area contributed by atoms with Gasteiger partial charge in [-0.2, -0.15) is 0 Å². The maximum atomic E-state index is 13.0. The summed E-state index contributed by atoms with van der Waals surface area (Å²) in [7, 11) is 0. The van der Waals surface area contributed by atoms with E-state index >= 15 is 0 Å². The molecule has 3 nitrogen and oxygen atoms in total. The van der Waals surface area contributed by atoms with Crippen LogP contribution in [0.1, 0.15) is 62.1 Å². The van der Waals surface area contributed by atoms with Gasteiger partial charge in [0.15, 0.2) is 5.78 Å². The van der Waals surface area contributed by atoms with Crippen molar-refractivity contribution in [2.45, 2.75) is 64.8 Å². The Morgan fingerprint density at radius 2 is 1.71 bits per heavy atom. The lowest BCUT2D eigenvalue weighted by Gasteiger charge is -2.27. The molecule has 0 aliphatic carbocycles. The van der Waals surface area contributed by atoms with Crippen LogP contribution in [0.15, 0.2) is 18.2 Å². The molecule has 0 bridgehead atoms. The van der Waals surface area contributed by atoms with Gasteiger partial charge in [-0.1, -0.05) is 50.5 Å². The lowest BCUT2D eigenvalue weighted by atomic mass is 9.80. The summed E-state index contributed by atoms with van der Waals surface area (Å²) in [5, 5.41) is 3.03. The summed E-state index contributed by atoms with van der Waals surface area (Å²) >= 11 is 0. The molecule has 0 spiro atoms. The fraction of sp³-hybridized carbons (Fsp3) is 0.556. The number of ketones is 1. The molecule has 21 heavy (non-hydrogen) atoms. The summed E-state index contributed by atoms with van der Waals surface area (Å²) in [5.74, 6) is -0.705. The SMILES string of the molecule is CCCC1(CCC)NC(=O)C(c2cc(C)ccc2C)C1=O. The highest BCUT2D eigenvalue weighted by Gasteiger charge is 2.51. The van der Waals surface area contributed by atoms with Gasteiger partial charge in [0.25, 0.3) is 0 Å². The van der Waals surface area contributed by atoms with Crippen molar-refractivity contribution >= 4 is 11.7 Å². The van der Waals surface area contributed by atoms with Gasteiger partial charge in [0.05, 0.1) is 5.54 Å². The average Bonchev–Trinajstić information content (AvgIpc) is 2.65. The van der Waals surface area contributed by atoms with Gasteiger partial charge in [0.2, 0.25) is 5.91 Å². The summed E-state index contributed by atoms with van der Waals surface area (Å²) in [6.07, 6.45) is 3.25. The van der Waals surface area contributed by atoms with Gasteiger partial charge < -0.3 is 5.32 Å². The van der Waals surface area contributed by atoms with Crippen molar-refractivity contribution in [2.24, 2.45) is 0 Å². The molecule has 0 aromatic heterocycles. The van der Waals surface area contributed by atoms with E-state index in [4.69, 9.17) is 0 Å². The van der Waals surface area contributed by atoms with E-state index in [1.807, 2.05) is 32.0 Å². The van der Waals surface area contributed by atoms with E-state index in [1.54, 1.807) is 0 Å². The third-order valence-corrected chi connectivity index (χ3v) is 4.46. The quantitative estimate of drug-likeness (QED) is 0.843. The minimum absolute atomic E-state index is 0.0601. The first kappa shape index (κ1) is 15.7. The van der Waals surface area contributed by atoms with Crippen LogP contribution in [0, 0.1) is 13.8 Å². The maximum absolute atomic E-state index is 13.0. The van der Waals surface area contributed by atoms with Crippen LogP contribution in [0.4, 0.5) is 0 Å². The van der Waals surface area contributed by atoms with E-state index in [-0.39, 0.29) is 11.7 Å². The van der Waals surface area contributed by atoms with Crippen LogP contribution in [-0.2, 0) is 9.59 Å². The molecule has 0 radical (unpaired) electrons. The summed E-state index contributed by atoms with van der Waals surface area (Å²) in [4.78, 5) is 25.5. The van der Waals surface area contributed by atoms with Crippen molar-refractivity contribution in [1.82, 2.24) is 5.32 Å². The minimum atomic E-state index is -0.651. The van der Waals surface area contributed by atoms with E-state index in [2.05, 4.69) is 19.2 Å². The summed E-state index contributed by atoms with van der Waals surface area (Å²) < 4.78 is 0. The Morgan fingerprint density at radius 1 is 1.10 bits per heavy atom. The Bertz CT molecular complexity index is 556. The molecule has 1 N–H and O–H groups in total. The Hall–Kier alpha value is -1.64. The maximum Gasteiger partial charge on any atom is 0.235 e. The molecule has 1 aromatic carbocycles. The van der Waals surface area contributed by atoms with E-state index in [0.717, 1.165) is 42.4 Å². The molecule has 1 amide bonds.